The lowest BCUT2D eigenvalue weighted by molar-refractivity contribution is -0.140. The number of hydrogen-bond acceptors (Lipinski definition) is 3. The van der Waals surface area contributed by atoms with Gasteiger partial charge >= 0.3 is 0 Å². The summed E-state index contributed by atoms with van der Waals surface area (Å²) in [5.41, 5.74) is 6.39. The molecule has 0 spiro atoms. The Bertz CT molecular complexity index is 398. The molecule has 6 unspecified atom stereocenters. The van der Waals surface area contributed by atoms with Crippen LogP contribution in [-0.2, 0) is 4.79 Å². The molecule has 4 heteroatoms. The minimum absolute atomic E-state index is 0.151. The molecule has 1 heterocycles. The van der Waals surface area contributed by atoms with Crippen molar-refractivity contribution in [3.8, 4) is 0 Å². The van der Waals surface area contributed by atoms with Gasteiger partial charge in [-0.2, -0.15) is 11.8 Å². The van der Waals surface area contributed by atoms with E-state index in [2.05, 4.69) is 16.7 Å². The van der Waals surface area contributed by atoms with Gasteiger partial charge in [0.05, 0.1) is 5.92 Å². The number of carbonyl (C=O) groups excluding carboxylic acids is 1. The maximum absolute atomic E-state index is 13.1. The Labute approximate surface area is 126 Å². The first kappa shape index (κ1) is 13.4. The van der Waals surface area contributed by atoms with Crippen LogP contribution < -0.4 is 5.73 Å². The van der Waals surface area contributed by atoms with Crippen LogP contribution >= 0.6 is 11.8 Å². The molecule has 3 saturated carbocycles. The van der Waals surface area contributed by atoms with Crippen LogP contribution in [0.5, 0.6) is 0 Å². The molecule has 0 radical (unpaired) electrons. The molecule has 4 aliphatic rings. The zero-order valence-electron chi connectivity index (χ0n) is 12.2. The maximum atomic E-state index is 13.1. The van der Waals surface area contributed by atoms with Crippen molar-refractivity contribution in [1.82, 2.24) is 4.90 Å². The molecule has 3 nitrogen and oxygen atoms in total. The van der Waals surface area contributed by atoms with Crippen LogP contribution in [0.2, 0.25) is 0 Å². The number of rotatable bonds is 1. The number of carbonyl (C=O) groups is 1. The summed E-state index contributed by atoms with van der Waals surface area (Å²) in [6.45, 7) is 0.964. The van der Waals surface area contributed by atoms with Crippen molar-refractivity contribution in [2.75, 3.05) is 12.3 Å². The predicted octanol–water partition coefficient (Wildman–Crippen LogP) is 2.25. The first-order valence-electron chi connectivity index (χ1n) is 8.43. The van der Waals surface area contributed by atoms with E-state index in [9.17, 15) is 4.79 Å². The number of hydrogen-bond donors (Lipinski definition) is 1. The highest BCUT2D eigenvalue weighted by molar-refractivity contribution is 8.00. The highest BCUT2D eigenvalue weighted by Crippen LogP contribution is 2.49. The maximum Gasteiger partial charge on any atom is 0.227 e. The second kappa shape index (κ2) is 5.20. The van der Waals surface area contributed by atoms with Gasteiger partial charge in [0, 0.05) is 29.6 Å². The smallest absolute Gasteiger partial charge is 0.227 e. The largest absolute Gasteiger partial charge is 0.337 e. The molecule has 2 N–H and O–H groups in total. The van der Waals surface area contributed by atoms with Crippen molar-refractivity contribution in [2.45, 2.75) is 62.3 Å². The standard InChI is InChI=1S/C16H26N2OS/c17-15-11-6-5-10(9-11)14(15)16(19)18-7-8-20-13-4-2-1-3-12(13)18/h10-15H,1-9,17H2. The predicted molar refractivity (Wildman–Crippen MR) is 82.5 cm³/mol. The van der Waals surface area contributed by atoms with Gasteiger partial charge in [0.2, 0.25) is 5.91 Å². The Balaban J connectivity index is 1.52. The second-order valence-corrected chi connectivity index (χ2v) is 8.58. The van der Waals surface area contributed by atoms with E-state index in [1.54, 1.807) is 0 Å². The summed E-state index contributed by atoms with van der Waals surface area (Å²) in [7, 11) is 0. The van der Waals surface area contributed by atoms with Crippen molar-refractivity contribution in [1.29, 1.82) is 0 Å². The molecule has 1 saturated heterocycles. The van der Waals surface area contributed by atoms with Gasteiger partial charge in [-0.15, -0.1) is 0 Å². The Morgan fingerprint density at radius 1 is 1.10 bits per heavy atom. The topological polar surface area (TPSA) is 46.3 Å². The zero-order valence-corrected chi connectivity index (χ0v) is 13.0. The van der Waals surface area contributed by atoms with Gasteiger partial charge in [-0.25, -0.2) is 0 Å². The Morgan fingerprint density at radius 3 is 2.70 bits per heavy atom. The van der Waals surface area contributed by atoms with Crippen LogP contribution in [-0.4, -0.2) is 40.4 Å². The number of thioether (sulfide) groups is 1. The average Bonchev–Trinajstić information content (AvgIpc) is 3.07. The molecule has 0 aromatic carbocycles. The highest BCUT2D eigenvalue weighted by atomic mass is 32.2. The van der Waals surface area contributed by atoms with Crippen molar-refractivity contribution in [3.05, 3.63) is 0 Å². The summed E-state index contributed by atoms with van der Waals surface area (Å²) in [6.07, 6.45) is 8.90. The summed E-state index contributed by atoms with van der Waals surface area (Å²) in [6, 6.07) is 0.666. The van der Waals surface area contributed by atoms with Gasteiger partial charge in [0.1, 0.15) is 0 Å². The lowest BCUT2D eigenvalue weighted by atomic mass is 9.83. The fraction of sp³-hybridized carbons (Fsp3) is 0.938. The quantitative estimate of drug-likeness (QED) is 0.807. The van der Waals surface area contributed by atoms with Crippen molar-refractivity contribution in [2.24, 2.45) is 23.5 Å². The molecule has 4 rings (SSSR count). The van der Waals surface area contributed by atoms with Crippen molar-refractivity contribution >= 4 is 17.7 Å². The Kier molecular flexibility index (Phi) is 3.50. The minimum atomic E-state index is 0.151. The summed E-state index contributed by atoms with van der Waals surface area (Å²) >= 11 is 2.10. The monoisotopic (exact) mass is 294 g/mol. The number of nitrogens with zero attached hydrogens (tertiary/aromatic N) is 1. The molecule has 0 aromatic rings. The number of fused-ring (bicyclic) bond motifs is 3. The Morgan fingerprint density at radius 2 is 1.90 bits per heavy atom. The summed E-state index contributed by atoms with van der Waals surface area (Å²) in [4.78, 5) is 15.3. The van der Waals surface area contributed by atoms with E-state index in [4.69, 9.17) is 5.73 Å². The van der Waals surface area contributed by atoms with Crippen molar-refractivity contribution < 1.29 is 4.79 Å². The molecule has 4 fully saturated rings. The van der Waals surface area contributed by atoms with Crippen LogP contribution in [0.4, 0.5) is 0 Å². The molecule has 3 aliphatic carbocycles. The molecule has 6 atom stereocenters. The molecular weight excluding hydrogens is 268 g/mol. The van der Waals surface area contributed by atoms with Crippen LogP contribution in [0.3, 0.4) is 0 Å². The lowest BCUT2D eigenvalue weighted by Crippen LogP contribution is -2.56. The van der Waals surface area contributed by atoms with E-state index in [-0.39, 0.29) is 12.0 Å². The van der Waals surface area contributed by atoms with E-state index < -0.39 is 0 Å². The van der Waals surface area contributed by atoms with E-state index >= 15 is 0 Å². The fourth-order valence-corrected chi connectivity index (χ4v) is 6.71. The van der Waals surface area contributed by atoms with E-state index in [1.807, 2.05) is 0 Å². The first-order chi connectivity index (χ1) is 9.75. The van der Waals surface area contributed by atoms with Gasteiger partial charge in [-0.3, -0.25) is 4.79 Å². The third-order valence-electron chi connectivity index (χ3n) is 6.28. The number of amides is 1. The average molecular weight is 294 g/mol. The molecule has 2 bridgehead atoms. The molecule has 0 aromatic heterocycles. The molecular formula is C16H26N2OS. The third kappa shape index (κ3) is 2.02. The summed E-state index contributed by atoms with van der Waals surface area (Å²) < 4.78 is 0. The summed E-state index contributed by atoms with van der Waals surface area (Å²) in [5.74, 6) is 2.93. The van der Waals surface area contributed by atoms with Crippen molar-refractivity contribution in [3.63, 3.8) is 0 Å². The van der Waals surface area contributed by atoms with Gasteiger partial charge < -0.3 is 10.6 Å². The molecule has 1 amide bonds. The fourth-order valence-electron chi connectivity index (χ4n) is 5.26. The minimum Gasteiger partial charge on any atom is -0.337 e. The molecule has 112 valence electrons. The first-order valence-corrected chi connectivity index (χ1v) is 9.48. The second-order valence-electron chi connectivity index (χ2n) is 7.23. The third-order valence-corrected chi connectivity index (χ3v) is 7.68. The van der Waals surface area contributed by atoms with E-state index in [0.717, 1.165) is 12.3 Å². The SMILES string of the molecule is NC1C2CCC(C2)C1C(=O)N1CCSC2CCCCC21. The van der Waals surface area contributed by atoms with Gasteiger partial charge in [-0.05, 0) is 43.9 Å². The number of nitrogens with two attached hydrogens (primary N) is 1. The van der Waals surface area contributed by atoms with Crippen LogP contribution in [0.1, 0.15) is 44.9 Å². The van der Waals surface area contributed by atoms with Gasteiger partial charge in [-0.1, -0.05) is 12.8 Å². The highest BCUT2D eigenvalue weighted by Gasteiger charge is 2.51. The van der Waals surface area contributed by atoms with Crippen LogP contribution in [0.15, 0.2) is 0 Å². The normalized spacial score (nSPS) is 47.4. The van der Waals surface area contributed by atoms with E-state index in [1.165, 1.54) is 44.9 Å². The summed E-state index contributed by atoms with van der Waals surface area (Å²) in [5, 5.41) is 0.705. The van der Waals surface area contributed by atoms with E-state index in [0.29, 0.717) is 29.0 Å². The lowest BCUT2D eigenvalue weighted by Gasteiger charge is -2.45. The van der Waals surface area contributed by atoms with Crippen LogP contribution in [0.25, 0.3) is 0 Å². The van der Waals surface area contributed by atoms with Crippen LogP contribution in [0, 0.1) is 17.8 Å². The zero-order chi connectivity index (χ0) is 13.7. The molecule has 20 heavy (non-hydrogen) atoms. The Hall–Kier alpha value is -0.220. The van der Waals surface area contributed by atoms with Gasteiger partial charge in [0.25, 0.3) is 0 Å². The van der Waals surface area contributed by atoms with Gasteiger partial charge in [0.15, 0.2) is 0 Å². The molecule has 1 aliphatic heterocycles.